The molecule has 8 rings (SSSR count). The lowest BCUT2D eigenvalue weighted by atomic mass is 10.1. The van der Waals surface area contributed by atoms with Gasteiger partial charge in [0.05, 0.1) is 0 Å². The minimum Gasteiger partial charge on any atom is -0.0689 e. The highest BCUT2D eigenvalue weighted by Crippen LogP contribution is 2.57. The SMILES string of the molecule is c1ccc2cc(P(C3CCCC3)C3CCCC3)ccc2c1.c1ccc2cc(P(C3CCCC3)C3CCCC3)ccc2c1. The molecule has 4 aliphatic carbocycles. The van der Waals surface area contributed by atoms with Crippen molar-refractivity contribution in [2.45, 2.75) is 125 Å². The largest absolute Gasteiger partial charge is 0.0689 e. The van der Waals surface area contributed by atoms with E-state index in [9.17, 15) is 0 Å². The summed E-state index contributed by atoms with van der Waals surface area (Å²) < 4.78 is 0. The Balaban J connectivity index is 0.000000137. The molecule has 0 bridgehead atoms. The molecule has 4 saturated carbocycles. The zero-order chi connectivity index (χ0) is 28.1. The van der Waals surface area contributed by atoms with Gasteiger partial charge in [0.1, 0.15) is 0 Å². The summed E-state index contributed by atoms with van der Waals surface area (Å²) in [7, 11) is 0.138. The van der Waals surface area contributed by atoms with Gasteiger partial charge in [0.15, 0.2) is 0 Å². The molecular weight excluding hydrogens is 542 g/mol. The van der Waals surface area contributed by atoms with Crippen LogP contribution in [0.1, 0.15) is 103 Å². The van der Waals surface area contributed by atoms with Crippen LogP contribution in [0, 0.1) is 0 Å². The Morgan fingerprint density at radius 1 is 0.333 bits per heavy atom. The molecule has 4 aliphatic rings. The van der Waals surface area contributed by atoms with Gasteiger partial charge in [-0.05, 0) is 118 Å². The van der Waals surface area contributed by atoms with Crippen molar-refractivity contribution in [1.82, 2.24) is 0 Å². The molecule has 0 N–H and O–H groups in total. The van der Waals surface area contributed by atoms with E-state index in [1.807, 2.05) is 0 Å². The molecule has 0 spiro atoms. The van der Waals surface area contributed by atoms with Crippen molar-refractivity contribution in [2.75, 3.05) is 0 Å². The minimum absolute atomic E-state index is 0.0688. The Labute approximate surface area is 257 Å². The normalized spacial score (nSPS) is 20.8. The third-order valence-electron chi connectivity index (χ3n) is 10.9. The van der Waals surface area contributed by atoms with E-state index in [0.717, 1.165) is 22.6 Å². The Kier molecular flexibility index (Phi) is 9.61. The molecule has 0 aliphatic heterocycles. The molecule has 0 heterocycles. The van der Waals surface area contributed by atoms with Gasteiger partial charge in [0.25, 0.3) is 0 Å². The number of hydrogen-bond acceptors (Lipinski definition) is 0. The summed E-state index contributed by atoms with van der Waals surface area (Å²) in [6.45, 7) is 0. The summed E-state index contributed by atoms with van der Waals surface area (Å²) in [5.74, 6) is 0. The molecule has 0 aromatic heterocycles. The van der Waals surface area contributed by atoms with Gasteiger partial charge in [-0.2, -0.15) is 0 Å². The summed E-state index contributed by atoms with van der Waals surface area (Å²) in [6.07, 6.45) is 23.8. The molecule has 0 amide bonds. The van der Waals surface area contributed by atoms with E-state index in [1.54, 1.807) is 10.6 Å². The second-order valence-electron chi connectivity index (χ2n) is 13.6. The molecule has 0 unspecified atom stereocenters. The van der Waals surface area contributed by atoms with Crippen LogP contribution in [0.2, 0.25) is 0 Å². The third-order valence-corrected chi connectivity index (χ3v) is 17.9. The van der Waals surface area contributed by atoms with Gasteiger partial charge in [-0.15, -0.1) is 0 Å². The van der Waals surface area contributed by atoms with Crippen LogP contribution >= 0.6 is 15.8 Å². The van der Waals surface area contributed by atoms with E-state index >= 15 is 0 Å². The fourth-order valence-corrected chi connectivity index (χ4v) is 16.5. The fraction of sp³-hybridized carbons (Fsp3) is 0.500. The van der Waals surface area contributed by atoms with Crippen LogP contribution in [0.3, 0.4) is 0 Å². The Morgan fingerprint density at radius 2 is 0.619 bits per heavy atom. The summed E-state index contributed by atoms with van der Waals surface area (Å²) in [4.78, 5) is 0. The van der Waals surface area contributed by atoms with E-state index < -0.39 is 0 Å². The van der Waals surface area contributed by atoms with Crippen molar-refractivity contribution in [3.63, 3.8) is 0 Å². The van der Waals surface area contributed by atoms with Crippen molar-refractivity contribution in [3.05, 3.63) is 84.9 Å². The molecule has 0 nitrogen and oxygen atoms in total. The van der Waals surface area contributed by atoms with Crippen molar-refractivity contribution < 1.29 is 0 Å². The molecule has 4 aromatic rings. The average molecular weight is 593 g/mol. The highest BCUT2D eigenvalue weighted by Gasteiger charge is 2.35. The maximum Gasteiger partial charge on any atom is -0.0166 e. The number of fused-ring (bicyclic) bond motifs is 2. The number of rotatable bonds is 6. The predicted octanol–water partition coefficient (Wildman–Crippen LogP) is 11.7. The van der Waals surface area contributed by atoms with Crippen LogP contribution in [-0.2, 0) is 0 Å². The second kappa shape index (κ2) is 13.9. The van der Waals surface area contributed by atoms with E-state index in [1.165, 1.54) is 124 Å². The van der Waals surface area contributed by atoms with Gasteiger partial charge in [0, 0.05) is 0 Å². The summed E-state index contributed by atoms with van der Waals surface area (Å²) >= 11 is 0. The third kappa shape index (κ3) is 6.52. The molecule has 0 atom stereocenters. The van der Waals surface area contributed by atoms with Gasteiger partial charge < -0.3 is 0 Å². The molecule has 4 fully saturated rings. The zero-order valence-corrected chi connectivity index (χ0v) is 27.4. The van der Waals surface area contributed by atoms with Crippen molar-refractivity contribution >= 4 is 48.0 Å². The minimum atomic E-state index is 0.0688. The van der Waals surface area contributed by atoms with Crippen LogP contribution in [0.4, 0.5) is 0 Å². The average Bonchev–Trinajstić information content (AvgIpc) is 3.88. The predicted molar refractivity (Wildman–Crippen MR) is 190 cm³/mol. The summed E-state index contributed by atoms with van der Waals surface area (Å²) in [5.41, 5.74) is 4.07. The summed E-state index contributed by atoms with van der Waals surface area (Å²) in [5, 5.41) is 9.07. The van der Waals surface area contributed by atoms with Crippen LogP contribution in [0.5, 0.6) is 0 Å². The van der Waals surface area contributed by atoms with E-state index in [2.05, 4.69) is 84.9 Å². The summed E-state index contributed by atoms with van der Waals surface area (Å²) in [6, 6.07) is 32.4. The van der Waals surface area contributed by atoms with Crippen molar-refractivity contribution in [2.24, 2.45) is 0 Å². The monoisotopic (exact) mass is 592 g/mol. The molecule has 4 aromatic carbocycles. The zero-order valence-electron chi connectivity index (χ0n) is 25.6. The Hall–Kier alpha value is -1.74. The first-order valence-electron chi connectivity index (χ1n) is 17.4. The van der Waals surface area contributed by atoms with Crippen molar-refractivity contribution in [1.29, 1.82) is 0 Å². The Bertz CT molecular complexity index is 1290. The maximum atomic E-state index is 2.53. The highest BCUT2D eigenvalue weighted by molar-refractivity contribution is 7.67. The number of benzene rings is 4. The molecule has 2 heteroatoms. The first-order valence-corrected chi connectivity index (χ1v) is 20.3. The fourth-order valence-electron chi connectivity index (χ4n) is 8.84. The van der Waals surface area contributed by atoms with E-state index in [0.29, 0.717) is 0 Å². The van der Waals surface area contributed by atoms with Gasteiger partial charge in [-0.3, -0.25) is 0 Å². The van der Waals surface area contributed by atoms with Crippen LogP contribution in [-0.4, -0.2) is 22.6 Å². The Morgan fingerprint density at radius 3 is 0.929 bits per heavy atom. The number of hydrogen-bond donors (Lipinski definition) is 0. The van der Waals surface area contributed by atoms with Gasteiger partial charge in [-0.1, -0.05) is 140 Å². The molecule has 0 radical (unpaired) electrons. The van der Waals surface area contributed by atoms with Gasteiger partial charge in [-0.25, -0.2) is 0 Å². The first kappa shape index (κ1) is 29.0. The molecular formula is C40H50P2. The van der Waals surface area contributed by atoms with Gasteiger partial charge >= 0.3 is 0 Å². The van der Waals surface area contributed by atoms with E-state index in [4.69, 9.17) is 0 Å². The standard InChI is InChI=1S/2C20H25P/c2*1-2-8-17-15-20(14-13-16(17)7-1)21(18-9-3-4-10-18)19-11-5-6-12-19/h2*1-2,7-8,13-15,18-19H,3-6,9-12H2. The molecule has 0 saturated heterocycles. The second-order valence-corrected chi connectivity index (χ2v) is 19.2. The maximum absolute atomic E-state index is 2.53. The lowest BCUT2D eigenvalue weighted by molar-refractivity contribution is 0.835. The first-order chi connectivity index (χ1) is 20.8. The van der Waals surface area contributed by atoms with Crippen molar-refractivity contribution in [3.8, 4) is 0 Å². The highest BCUT2D eigenvalue weighted by atomic mass is 31.1. The van der Waals surface area contributed by atoms with Crippen LogP contribution in [0.25, 0.3) is 21.5 Å². The molecule has 42 heavy (non-hydrogen) atoms. The lowest BCUT2D eigenvalue weighted by Gasteiger charge is -2.30. The lowest BCUT2D eigenvalue weighted by Crippen LogP contribution is -2.19. The van der Waals surface area contributed by atoms with Crippen LogP contribution in [0.15, 0.2) is 84.9 Å². The quantitative estimate of drug-likeness (QED) is 0.195. The van der Waals surface area contributed by atoms with Gasteiger partial charge in [0.2, 0.25) is 0 Å². The smallest absolute Gasteiger partial charge is 0.0166 e. The molecule has 220 valence electrons. The van der Waals surface area contributed by atoms with E-state index in [-0.39, 0.29) is 15.8 Å². The topological polar surface area (TPSA) is 0 Å². The van der Waals surface area contributed by atoms with Crippen LogP contribution < -0.4 is 10.6 Å².